The summed E-state index contributed by atoms with van der Waals surface area (Å²) in [4.78, 5) is 21.9. The maximum atomic E-state index is 11.1. The summed E-state index contributed by atoms with van der Waals surface area (Å²) >= 11 is 1.62. The van der Waals surface area contributed by atoms with Gasteiger partial charge in [-0.25, -0.2) is 14.5 Å². The van der Waals surface area contributed by atoms with E-state index in [1.54, 1.807) is 34.3 Å². The zero-order valence-electron chi connectivity index (χ0n) is 14.7. The van der Waals surface area contributed by atoms with Crippen LogP contribution in [0.2, 0.25) is 0 Å². The monoisotopic (exact) mass is 381 g/mol. The van der Waals surface area contributed by atoms with Crippen LogP contribution in [0.15, 0.2) is 30.6 Å². The van der Waals surface area contributed by atoms with Crippen LogP contribution in [0.5, 0.6) is 0 Å². The molecule has 4 aromatic rings. The summed E-state index contributed by atoms with van der Waals surface area (Å²) in [6.45, 7) is 4.72. The van der Waals surface area contributed by atoms with Gasteiger partial charge in [0.15, 0.2) is 11.5 Å². The number of thiophene rings is 1. The molecule has 4 heterocycles. The average molecular weight is 381 g/mol. The van der Waals surface area contributed by atoms with Gasteiger partial charge in [0.2, 0.25) is 0 Å². The molecule has 0 atom stereocenters. The number of fused-ring (bicyclic) bond motifs is 5. The Bertz CT molecular complexity index is 1230. The fourth-order valence-electron chi connectivity index (χ4n) is 3.42. The Labute approximate surface area is 157 Å². The van der Waals surface area contributed by atoms with Crippen molar-refractivity contribution in [3.05, 3.63) is 51.1 Å². The second kappa shape index (κ2) is 5.54. The van der Waals surface area contributed by atoms with E-state index in [0.29, 0.717) is 18.0 Å². The van der Waals surface area contributed by atoms with E-state index in [-0.39, 0.29) is 11.3 Å². The van der Waals surface area contributed by atoms with E-state index in [0.717, 1.165) is 22.3 Å². The van der Waals surface area contributed by atoms with Gasteiger partial charge in [-0.05, 0) is 19.4 Å². The Morgan fingerprint density at radius 2 is 2.22 bits per heavy atom. The summed E-state index contributed by atoms with van der Waals surface area (Å²) in [7, 11) is 0. The molecule has 5 rings (SSSR count). The van der Waals surface area contributed by atoms with Crippen LogP contribution in [-0.2, 0) is 17.8 Å². The number of aromatic nitrogens is 4. The Balaban J connectivity index is 1.72. The van der Waals surface area contributed by atoms with Gasteiger partial charge in [-0.2, -0.15) is 0 Å². The largest absolute Gasteiger partial charge is 0.370 e. The molecule has 1 aliphatic rings. The molecule has 0 bridgehead atoms. The Morgan fingerprint density at radius 3 is 3.04 bits per heavy atom. The number of nitrogens with zero attached hydrogens (tertiary/aromatic N) is 5. The Morgan fingerprint density at radius 1 is 1.37 bits per heavy atom. The molecule has 0 N–H and O–H groups in total. The van der Waals surface area contributed by atoms with Gasteiger partial charge in [-0.3, -0.25) is 10.1 Å². The zero-order chi connectivity index (χ0) is 18.8. The van der Waals surface area contributed by atoms with Crippen LogP contribution in [0.1, 0.15) is 24.3 Å². The maximum Gasteiger partial charge on any atom is 0.270 e. The van der Waals surface area contributed by atoms with E-state index >= 15 is 0 Å². The standard InChI is InChI=1S/C18H15N5O3S/c1-18(2)7-12-13(8-26-18)27-17-14(12)16-20-15(21-22(16)9-19-17)10-4-3-5-11(6-10)23(24)25/h3-6,9H,7-8H2,1-2H3. The predicted molar refractivity (Wildman–Crippen MR) is 101 cm³/mol. The molecule has 27 heavy (non-hydrogen) atoms. The molecule has 0 radical (unpaired) electrons. The van der Waals surface area contributed by atoms with Crippen LogP contribution in [-0.4, -0.2) is 30.1 Å². The summed E-state index contributed by atoms with van der Waals surface area (Å²) in [5.74, 6) is 0.444. The molecule has 0 saturated heterocycles. The molecule has 0 saturated carbocycles. The summed E-state index contributed by atoms with van der Waals surface area (Å²) in [5.41, 5.74) is 2.31. The third-order valence-electron chi connectivity index (χ3n) is 4.72. The van der Waals surface area contributed by atoms with Crippen LogP contribution < -0.4 is 0 Å². The lowest BCUT2D eigenvalue weighted by molar-refractivity contribution is -0.384. The summed E-state index contributed by atoms with van der Waals surface area (Å²) in [5, 5.41) is 16.5. The molecule has 3 aromatic heterocycles. The third-order valence-corrected chi connectivity index (χ3v) is 5.84. The van der Waals surface area contributed by atoms with E-state index in [1.807, 2.05) is 0 Å². The van der Waals surface area contributed by atoms with E-state index in [4.69, 9.17) is 9.72 Å². The van der Waals surface area contributed by atoms with Crippen molar-refractivity contribution in [2.75, 3.05) is 0 Å². The van der Waals surface area contributed by atoms with Crippen molar-refractivity contribution in [2.45, 2.75) is 32.5 Å². The molecule has 1 aliphatic heterocycles. The van der Waals surface area contributed by atoms with E-state index in [9.17, 15) is 10.1 Å². The zero-order valence-corrected chi connectivity index (χ0v) is 15.5. The van der Waals surface area contributed by atoms with Gasteiger partial charge in [-0.1, -0.05) is 12.1 Å². The molecule has 136 valence electrons. The first-order chi connectivity index (χ1) is 12.9. The quantitative estimate of drug-likeness (QED) is 0.387. The van der Waals surface area contributed by atoms with E-state index < -0.39 is 4.92 Å². The van der Waals surface area contributed by atoms with Crippen molar-refractivity contribution < 1.29 is 9.66 Å². The molecular formula is C18H15N5O3S. The summed E-state index contributed by atoms with van der Waals surface area (Å²) in [6.07, 6.45) is 2.42. The van der Waals surface area contributed by atoms with Crippen molar-refractivity contribution >= 4 is 32.9 Å². The van der Waals surface area contributed by atoms with Crippen molar-refractivity contribution in [1.82, 2.24) is 19.6 Å². The van der Waals surface area contributed by atoms with Gasteiger partial charge >= 0.3 is 0 Å². The topological polar surface area (TPSA) is 95.5 Å². The number of ether oxygens (including phenoxy) is 1. The molecule has 0 spiro atoms. The first-order valence-electron chi connectivity index (χ1n) is 8.46. The van der Waals surface area contributed by atoms with Crippen LogP contribution in [0.3, 0.4) is 0 Å². The van der Waals surface area contributed by atoms with Gasteiger partial charge in [0.25, 0.3) is 5.69 Å². The van der Waals surface area contributed by atoms with Gasteiger partial charge in [0.05, 0.1) is 22.5 Å². The van der Waals surface area contributed by atoms with Crippen molar-refractivity contribution in [3.63, 3.8) is 0 Å². The van der Waals surface area contributed by atoms with Gasteiger partial charge in [-0.15, -0.1) is 16.4 Å². The highest BCUT2D eigenvalue weighted by atomic mass is 32.1. The lowest BCUT2D eigenvalue weighted by Gasteiger charge is -2.30. The first-order valence-corrected chi connectivity index (χ1v) is 9.27. The molecule has 0 amide bonds. The minimum absolute atomic E-state index is 0.0152. The van der Waals surface area contributed by atoms with Crippen LogP contribution in [0.25, 0.3) is 27.3 Å². The molecule has 1 aromatic carbocycles. The first kappa shape index (κ1) is 16.3. The Kier molecular flexibility index (Phi) is 3.34. The molecule has 0 unspecified atom stereocenters. The number of non-ortho nitro benzene ring substituents is 1. The molecular weight excluding hydrogens is 366 g/mol. The highest BCUT2D eigenvalue weighted by Crippen LogP contribution is 2.39. The number of benzene rings is 1. The van der Waals surface area contributed by atoms with Gasteiger partial charge < -0.3 is 4.74 Å². The normalized spacial score (nSPS) is 15.9. The predicted octanol–water partition coefficient (Wildman–Crippen LogP) is 3.77. The van der Waals surface area contributed by atoms with Crippen molar-refractivity contribution in [1.29, 1.82) is 0 Å². The van der Waals surface area contributed by atoms with Crippen LogP contribution in [0, 0.1) is 10.1 Å². The van der Waals surface area contributed by atoms with Gasteiger partial charge in [0, 0.05) is 29.0 Å². The smallest absolute Gasteiger partial charge is 0.270 e. The lowest BCUT2D eigenvalue weighted by Crippen LogP contribution is -2.31. The number of hydrogen-bond acceptors (Lipinski definition) is 7. The highest BCUT2D eigenvalue weighted by Gasteiger charge is 2.30. The third kappa shape index (κ3) is 2.58. The summed E-state index contributed by atoms with van der Waals surface area (Å²) in [6, 6.07) is 6.35. The highest BCUT2D eigenvalue weighted by molar-refractivity contribution is 7.19. The van der Waals surface area contributed by atoms with E-state index in [1.165, 1.54) is 22.6 Å². The van der Waals surface area contributed by atoms with E-state index in [2.05, 4.69) is 23.9 Å². The molecule has 9 heteroatoms. The number of hydrogen-bond donors (Lipinski definition) is 0. The Hall–Kier alpha value is -2.91. The fraction of sp³-hybridized carbons (Fsp3) is 0.278. The number of nitro groups is 1. The van der Waals surface area contributed by atoms with Crippen LogP contribution >= 0.6 is 11.3 Å². The van der Waals surface area contributed by atoms with Crippen molar-refractivity contribution in [2.24, 2.45) is 0 Å². The number of rotatable bonds is 2. The fourth-order valence-corrected chi connectivity index (χ4v) is 4.49. The number of nitro benzene ring substituents is 1. The second-order valence-corrected chi connectivity index (χ2v) is 8.25. The minimum Gasteiger partial charge on any atom is -0.370 e. The average Bonchev–Trinajstić information content (AvgIpc) is 3.21. The lowest BCUT2D eigenvalue weighted by atomic mass is 9.94. The summed E-state index contributed by atoms with van der Waals surface area (Å²) < 4.78 is 7.56. The van der Waals surface area contributed by atoms with Gasteiger partial charge in [0.1, 0.15) is 11.2 Å². The maximum absolute atomic E-state index is 11.1. The molecule has 8 nitrogen and oxygen atoms in total. The SMILES string of the molecule is CC1(C)Cc2c(sc3ncn4nc(-c5cccc([N+](=O)[O-])c5)nc4c23)CO1. The second-order valence-electron chi connectivity index (χ2n) is 7.16. The van der Waals surface area contributed by atoms with Crippen LogP contribution in [0.4, 0.5) is 5.69 Å². The molecule has 0 fully saturated rings. The molecule has 0 aliphatic carbocycles. The minimum atomic E-state index is -0.420. The van der Waals surface area contributed by atoms with Crippen molar-refractivity contribution in [3.8, 4) is 11.4 Å².